The number of fused-ring (bicyclic) bond motifs is 1. The molecule has 0 aliphatic heterocycles. The molecule has 128 valence electrons. The van der Waals surface area contributed by atoms with E-state index in [1.54, 1.807) is 71.7 Å². The quantitative estimate of drug-likeness (QED) is 0.452. The molecule has 0 aliphatic carbocycles. The molecule has 4 rings (SSSR count). The number of carbonyl (C=O) groups excluding carboxylic acids is 2. The predicted molar refractivity (Wildman–Crippen MR) is 93.3 cm³/mol. The number of hydrogen-bond donors (Lipinski definition) is 1. The van der Waals surface area contributed by atoms with E-state index in [4.69, 9.17) is 9.15 Å². The largest absolute Gasteiger partial charge is 0.459 e. The minimum atomic E-state index is -0.471. The van der Waals surface area contributed by atoms with Crippen molar-refractivity contribution in [1.29, 1.82) is 0 Å². The smallest absolute Gasteiger partial charge is 0.343 e. The number of benzene rings is 1. The molecule has 1 amide bonds. The maximum absolute atomic E-state index is 12.3. The summed E-state index contributed by atoms with van der Waals surface area (Å²) in [4.78, 5) is 28.2. The van der Waals surface area contributed by atoms with Gasteiger partial charge in [0.2, 0.25) is 0 Å². The van der Waals surface area contributed by atoms with Crippen LogP contribution in [0, 0.1) is 0 Å². The van der Waals surface area contributed by atoms with Crippen LogP contribution in [0.15, 0.2) is 77.9 Å². The van der Waals surface area contributed by atoms with E-state index in [0.29, 0.717) is 17.0 Å². The van der Waals surface area contributed by atoms with Crippen molar-refractivity contribution in [2.45, 2.75) is 0 Å². The summed E-state index contributed by atoms with van der Waals surface area (Å²) < 4.78 is 12.2. The standard InChI is InChI=1S/C19H13N3O4/c23-18(17-2-1-9-25-17)21-14-3-5-16(6-4-14)26-19(24)13-7-8-22-12-20-11-15(22)10-13/h1-12H,(H,21,23). The Morgan fingerprint density at radius 3 is 2.73 bits per heavy atom. The summed E-state index contributed by atoms with van der Waals surface area (Å²) in [5, 5.41) is 2.69. The number of pyridine rings is 1. The first kappa shape index (κ1) is 15.6. The van der Waals surface area contributed by atoms with Crippen LogP contribution in [0.25, 0.3) is 5.52 Å². The van der Waals surface area contributed by atoms with E-state index in [0.717, 1.165) is 5.52 Å². The summed E-state index contributed by atoms with van der Waals surface area (Å²) in [6.07, 6.45) is 6.48. The highest BCUT2D eigenvalue weighted by Crippen LogP contribution is 2.18. The first-order valence-electron chi connectivity index (χ1n) is 7.78. The van der Waals surface area contributed by atoms with Gasteiger partial charge in [0.25, 0.3) is 5.91 Å². The van der Waals surface area contributed by atoms with Gasteiger partial charge in [-0.2, -0.15) is 0 Å². The molecule has 0 atom stereocenters. The molecule has 26 heavy (non-hydrogen) atoms. The average molecular weight is 347 g/mol. The monoisotopic (exact) mass is 347 g/mol. The first-order chi connectivity index (χ1) is 12.7. The Kier molecular flexibility index (Phi) is 3.95. The number of imidazole rings is 1. The molecule has 3 heterocycles. The summed E-state index contributed by atoms with van der Waals surface area (Å²) in [5.74, 6) is -0.231. The predicted octanol–water partition coefficient (Wildman–Crippen LogP) is 3.40. The molecule has 4 aromatic rings. The maximum atomic E-state index is 12.3. The van der Waals surface area contributed by atoms with Crippen LogP contribution in [0.5, 0.6) is 5.75 Å². The summed E-state index contributed by atoms with van der Waals surface area (Å²) in [7, 11) is 0. The zero-order chi connectivity index (χ0) is 17.9. The molecule has 7 heteroatoms. The van der Waals surface area contributed by atoms with Gasteiger partial charge in [-0.15, -0.1) is 0 Å². The third kappa shape index (κ3) is 3.18. The molecule has 0 unspecified atom stereocenters. The van der Waals surface area contributed by atoms with Crippen molar-refractivity contribution < 1.29 is 18.7 Å². The van der Waals surface area contributed by atoms with Crippen LogP contribution in [0.2, 0.25) is 0 Å². The number of nitrogens with one attached hydrogen (secondary N) is 1. The number of hydrogen-bond acceptors (Lipinski definition) is 5. The second kappa shape index (κ2) is 6.56. The van der Waals surface area contributed by atoms with E-state index in [1.165, 1.54) is 6.26 Å². The van der Waals surface area contributed by atoms with Crippen molar-refractivity contribution in [3.05, 3.63) is 84.8 Å². The second-order valence-electron chi connectivity index (χ2n) is 5.49. The molecule has 0 fully saturated rings. The minimum absolute atomic E-state index is 0.218. The van der Waals surface area contributed by atoms with E-state index in [1.807, 2.05) is 0 Å². The first-order valence-corrected chi connectivity index (χ1v) is 7.78. The fraction of sp³-hybridized carbons (Fsp3) is 0. The van der Waals surface area contributed by atoms with Gasteiger partial charge < -0.3 is 18.9 Å². The van der Waals surface area contributed by atoms with Gasteiger partial charge in [0.15, 0.2) is 5.76 Å². The van der Waals surface area contributed by atoms with Crippen molar-refractivity contribution in [3.8, 4) is 5.75 Å². The van der Waals surface area contributed by atoms with Crippen molar-refractivity contribution in [1.82, 2.24) is 9.38 Å². The lowest BCUT2D eigenvalue weighted by atomic mass is 10.2. The zero-order valence-corrected chi connectivity index (χ0v) is 13.5. The van der Waals surface area contributed by atoms with Crippen LogP contribution >= 0.6 is 0 Å². The van der Waals surface area contributed by atoms with Gasteiger partial charge in [0.05, 0.1) is 29.9 Å². The number of aromatic nitrogens is 2. The number of amides is 1. The molecular formula is C19H13N3O4. The molecule has 1 aromatic carbocycles. The van der Waals surface area contributed by atoms with Gasteiger partial charge in [0.1, 0.15) is 5.75 Å². The van der Waals surface area contributed by atoms with Gasteiger partial charge in [-0.3, -0.25) is 4.79 Å². The summed E-state index contributed by atoms with van der Waals surface area (Å²) in [5.41, 5.74) is 1.79. The average Bonchev–Trinajstić information content (AvgIpc) is 3.34. The van der Waals surface area contributed by atoms with Gasteiger partial charge >= 0.3 is 5.97 Å². The highest BCUT2D eigenvalue weighted by atomic mass is 16.5. The number of furan rings is 1. The third-order valence-corrected chi connectivity index (χ3v) is 3.72. The Morgan fingerprint density at radius 2 is 1.96 bits per heavy atom. The van der Waals surface area contributed by atoms with Gasteiger partial charge in [-0.25, -0.2) is 9.78 Å². The Labute approximate surface area is 147 Å². The maximum Gasteiger partial charge on any atom is 0.343 e. The Bertz CT molecular complexity index is 1070. The van der Waals surface area contributed by atoms with E-state index in [2.05, 4.69) is 10.3 Å². The van der Waals surface area contributed by atoms with Gasteiger partial charge in [-0.05, 0) is 48.5 Å². The van der Waals surface area contributed by atoms with Crippen LogP contribution in [-0.2, 0) is 0 Å². The van der Waals surface area contributed by atoms with Crippen LogP contribution in [0.3, 0.4) is 0 Å². The van der Waals surface area contributed by atoms with E-state index >= 15 is 0 Å². The Balaban J connectivity index is 1.43. The van der Waals surface area contributed by atoms with Crippen LogP contribution in [-0.4, -0.2) is 21.3 Å². The molecule has 0 bridgehead atoms. The molecule has 1 N–H and O–H groups in total. The molecule has 7 nitrogen and oxygen atoms in total. The van der Waals surface area contributed by atoms with Crippen molar-refractivity contribution in [3.63, 3.8) is 0 Å². The molecule has 0 aliphatic rings. The van der Waals surface area contributed by atoms with E-state index in [9.17, 15) is 9.59 Å². The zero-order valence-electron chi connectivity index (χ0n) is 13.5. The Hall–Kier alpha value is -3.87. The number of anilines is 1. The number of carbonyl (C=O) groups is 2. The summed E-state index contributed by atoms with van der Waals surface area (Å²) >= 11 is 0. The SMILES string of the molecule is O=C(Oc1ccc(NC(=O)c2ccco2)cc1)c1ccn2cncc2c1. The fourth-order valence-corrected chi connectivity index (χ4v) is 2.42. The number of ether oxygens (including phenoxy) is 1. The molecule has 0 saturated heterocycles. The normalized spacial score (nSPS) is 10.6. The van der Waals surface area contributed by atoms with Gasteiger partial charge in [-0.1, -0.05) is 0 Å². The summed E-state index contributed by atoms with van der Waals surface area (Å²) in [6.45, 7) is 0. The van der Waals surface area contributed by atoms with E-state index < -0.39 is 5.97 Å². The Morgan fingerprint density at radius 1 is 1.12 bits per heavy atom. The van der Waals surface area contributed by atoms with Crippen LogP contribution in [0.4, 0.5) is 5.69 Å². The minimum Gasteiger partial charge on any atom is -0.459 e. The summed E-state index contributed by atoms with van der Waals surface area (Å²) in [6, 6.07) is 13.1. The molecule has 0 spiro atoms. The lowest BCUT2D eigenvalue weighted by molar-refractivity contribution is 0.0734. The fourth-order valence-electron chi connectivity index (χ4n) is 2.42. The highest BCUT2D eigenvalue weighted by molar-refractivity contribution is 6.02. The highest BCUT2D eigenvalue weighted by Gasteiger charge is 2.11. The van der Waals surface area contributed by atoms with E-state index in [-0.39, 0.29) is 11.7 Å². The second-order valence-corrected chi connectivity index (χ2v) is 5.49. The molecule has 3 aromatic heterocycles. The van der Waals surface area contributed by atoms with Gasteiger partial charge in [0, 0.05) is 11.9 Å². The lowest BCUT2D eigenvalue weighted by Gasteiger charge is -2.07. The topological polar surface area (TPSA) is 85.8 Å². The van der Waals surface area contributed by atoms with Crippen LogP contribution in [0.1, 0.15) is 20.9 Å². The molecular weight excluding hydrogens is 334 g/mol. The molecule has 0 radical (unpaired) electrons. The molecule has 0 saturated carbocycles. The number of rotatable bonds is 4. The van der Waals surface area contributed by atoms with Crippen molar-refractivity contribution in [2.75, 3.05) is 5.32 Å². The van der Waals surface area contributed by atoms with Crippen molar-refractivity contribution >= 4 is 23.1 Å². The van der Waals surface area contributed by atoms with Crippen molar-refractivity contribution in [2.24, 2.45) is 0 Å². The number of esters is 1. The third-order valence-electron chi connectivity index (χ3n) is 3.72. The lowest BCUT2D eigenvalue weighted by Crippen LogP contribution is -2.11. The number of nitrogens with zero attached hydrogens (tertiary/aromatic N) is 2. The van der Waals surface area contributed by atoms with Crippen LogP contribution < -0.4 is 10.1 Å².